The fourth-order valence-electron chi connectivity index (χ4n) is 1.85. The number of thioether (sulfide) groups is 1. The van der Waals surface area contributed by atoms with E-state index < -0.39 is 0 Å². The Morgan fingerprint density at radius 3 is 2.89 bits per heavy atom. The van der Waals surface area contributed by atoms with Crippen molar-refractivity contribution in [3.05, 3.63) is 17.5 Å². The summed E-state index contributed by atoms with van der Waals surface area (Å²) >= 11 is 1.71. The average Bonchev–Trinajstić information content (AvgIpc) is 2.69. The van der Waals surface area contributed by atoms with Gasteiger partial charge in [0, 0.05) is 18.8 Å². The van der Waals surface area contributed by atoms with Gasteiger partial charge in [-0.2, -0.15) is 16.9 Å². The van der Waals surface area contributed by atoms with E-state index in [-0.39, 0.29) is 11.9 Å². The van der Waals surface area contributed by atoms with Crippen LogP contribution in [0.3, 0.4) is 0 Å². The molecule has 0 saturated carbocycles. The molecule has 19 heavy (non-hydrogen) atoms. The Balaban J connectivity index is 2.20. The SMILES string of the molecule is CSCC[C@H](N)C(=O)NCCCn1nc(C)cc1C. The maximum absolute atomic E-state index is 11.7. The van der Waals surface area contributed by atoms with Gasteiger partial charge in [-0.1, -0.05) is 0 Å². The molecule has 0 aromatic carbocycles. The lowest BCUT2D eigenvalue weighted by atomic mass is 10.2. The predicted molar refractivity (Wildman–Crippen MR) is 80.3 cm³/mol. The number of carbonyl (C=O) groups excluding carboxylic acids is 1. The first kappa shape index (κ1) is 16.0. The van der Waals surface area contributed by atoms with Crippen molar-refractivity contribution in [1.29, 1.82) is 0 Å². The van der Waals surface area contributed by atoms with Gasteiger partial charge in [-0.25, -0.2) is 0 Å². The second-order valence-corrected chi connectivity index (χ2v) is 5.67. The van der Waals surface area contributed by atoms with Gasteiger partial charge in [-0.3, -0.25) is 9.48 Å². The van der Waals surface area contributed by atoms with Crippen LogP contribution < -0.4 is 11.1 Å². The van der Waals surface area contributed by atoms with E-state index in [1.807, 2.05) is 24.8 Å². The van der Waals surface area contributed by atoms with Crippen molar-refractivity contribution in [2.24, 2.45) is 5.73 Å². The van der Waals surface area contributed by atoms with Crippen LogP contribution in [0.2, 0.25) is 0 Å². The molecule has 5 nitrogen and oxygen atoms in total. The Morgan fingerprint density at radius 1 is 1.58 bits per heavy atom. The van der Waals surface area contributed by atoms with Gasteiger partial charge >= 0.3 is 0 Å². The Bertz CT molecular complexity index is 405. The summed E-state index contributed by atoms with van der Waals surface area (Å²) in [6.45, 7) is 5.48. The summed E-state index contributed by atoms with van der Waals surface area (Å²) in [7, 11) is 0. The van der Waals surface area contributed by atoms with E-state index in [0.717, 1.165) is 36.5 Å². The zero-order chi connectivity index (χ0) is 14.3. The van der Waals surface area contributed by atoms with Gasteiger partial charge in [-0.05, 0) is 44.8 Å². The number of hydrogen-bond donors (Lipinski definition) is 2. The predicted octanol–water partition coefficient (Wildman–Crippen LogP) is 1.09. The lowest BCUT2D eigenvalue weighted by molar-refractivity contribution is -0.122. The molecule has 108 valence electrons. The van der Waals surface area contributed by atoms with Crippen molar-refractivity contribution in [2.45, 2.75) is 39.3 Å². The lowest BCUT2D eigenvalue weighted by Gasteiger charge is -2.11. The highest BCUT2D eigenvalue weighted by Gasteiger charge is 2.11. The van der Waals surface area contributed by atoms with Crippen molar-refractivity contribution in [3.8, 4) is 0 Å². The van der Waals surface area contributed by atoms with E-state index in [0.29, 0.717) is 6.54 Å². The van der Waals surface area contributed by atoms with Gasteiger partial charge in [0.25, 0.3) is 0 Å². The Kier molecular flexibility index (Phi) is 6.94. The van der Waals surface area contributed by atoms with Gasteiger partial charge in [0.15, 0.2) is 0 Å². The summed E-state index contributed by atoms with van der Waals surface area (Å²) < 4.78 is 1.97. The number of amides is 1. The van der Waals surface area contributed by atoms with E-state index >= 15 is 0 Å². The van der Waals surface area contributed by atoms with Crippen LogP contribution in [-0.4, -0.2) is 40.3 Å². The summed E-state index contributed by atoms with van der Waals surface area (Å²) in [4.78, 5) is 11.7. The van der Waals surface area contributed by atoms with Crippen molar-refractivity contribution < 1.29 is 4.79 Å². The Hall–Kier alpha value is -1.01. The van der Waals surface area contributed by atoms with Crippen LogP contribution in [0.15, 0.2) is 6.07 Å². The Labute approximate surface area is 119 Å². The van der Waals surface area contributed by atoms with Crippen LogP contribution in [0.5, 0.6) is 0 Å². The molecule has 0 aliphatic rings. The summed E-state index contributed by atoms with van der Waals surface area (Å²) in [5.41, 5.74) is 7.96. The first-order chi connectivity index (χ1) is 9.04. The molecule has 3 N–H and O–H groups in total. The number of nitrogens with two attached hydrogens (primary N) is 1. The second kappa shape index (κ2) is 8.22. The summed E-state index contributed by atoms with van der Waals surface area (Å²) in [5, 5.41) is 7.25. The maximum atomic E-state index is 11.7. The zero-order valence-electron chi connectivity index (χ0n) is 12.0. The number of aromatic nitrogens is 2. The van der Waals surface area contributed by atoms with E-state index in [1.165, 1.54) is 0 Å². The van der Waals surface area contributed by atoms with Gasteiger partial charge < -0.3 is 11.1 Å². The molecule has 1 heterocycles. The minimum absolute atomic E-state index is 0.0533. The largest absolute Gasteiger partial charge is 0.355 e. The third-order valence-corrected chi connectivity index (χ3v) is 3.56. The van der Waals surface area contributed by atoms with Gasteiger partial charge in [0.05, 0.1) is 11.7 Å². The van der Waals surface area contributed by atoms with Crippen LogP contribution in [-0.2, 0) is 11.3 Å². The highest BCUT2D eigenvalue weighted by molar-refractivity contribution is 7.98. The molecular formula is C13H24N4OS. The molecule has 0 bridgehead atoms. The van der Waals surface area contributed by atoms with E-state index in [1.54, 1.807) is 11.8 Å². The number of rotatable bonds is 8. The third kappa shape index (κ3) is 5.65. The van der Waals surface area contributed by atoms with Crippen LogP contribution in [0.4, 0.5) is 0 Å². The number of aryl methyl sites for hydroxylation is 3. The second-order valence-electron chi connectivity index (χ2n) is 4.68. The topological polar surface area (TPSA) is 72.9 Å². The van der Waals surface area contributed by atoms with Crippen molar-refractivity contribution in [2.75, 3.05) is 18.6 Å². The van der Waals surface area contributed by atoms with Gasteiger partial charge in [0.1, 0.15) is 0 Å². The van der Waals surface area contributed by atoms with Crippen LogP contribution in [0.1, 0.15) is 24.2 Å². The van der Waals surface area contributed by atoms with Crippen LogP contribution in [0, 0.1) is 13.8 Å². The Morgan fingerprint density at radius 2 is 2.32 bits per heavy atom. The van der Waals surface area contributed by atoms with Crippen molar-refractivity contribution in [3.63, 3.8) is 0 Å². The smallest absolute Gasteiger partial charge is 0.236 e. The van der Waals surface area contributed by atoms with E-state index in [2.05, 4.69) is 16.5 Å². The maximum Gasteiger partial charge on any atom is 0.236 e. The molecule has 0 aliphatic heterocycles. The molecule has 1 aromatic rings. The number of carbonyl (C=O) groups is 1. The van der Waals surface area contributed by atoms with Gasteiger partial charge in [-0.15, -0.1) is 0 Å². The molecule has 0 spiro atoms. The lowest BCUT2D eigenvalue weighted by Crippen LogP contribution is -2.41. The first-order valence-electron chi connectivity index (χ1n) is 6.58. The minimum Gasteiger partial charge on any atom is -0.355 e. The molecule has 0 fully saturated rings. The highest BCUT2D eigenvalue weighted by Crippen LogP contribution is 2.02. The molecule has 0 unspecified atom stereocenters. The third-order valence-electron chi connectivity index (χ3n) is 2.92. The molecule has 1 aromatic heterocycles. The molecule has 0 saturated heterocycles. The standard InChI is InChI=1S/C13H24N4OS/c1-10-9-11(2)17(16-10)7-4-6-15-13(18)12(14)5-8-19-3/h9,12H,4-8,14H2,1-3H3,(H,15,18)/t12-/m0/s1. The van der Waals surface area contributed by atoms with Gasteiger partial charge in [0.2, 0.25) is 5.91 Å². The number of hydrogen-bond acceptors (Lipinski definition) is 4. The molecule has 1 amide bonds. The monoisotopic (exact) mass is 284 g/mol. The molecule has 6 heteroatoms. The molecule has 0 aliphatic carbocycles. The summed E-state index contributed by atoms with van der Waals surface area (Å²) in [6.07, 6.45) is 3.60. The summed E-state index contributed by atoms with van der Waals surface area (Å²) in [5.74, 6) is 0.864. The van der Waals surface area contributed by atoms with E-state index in [9.17, 15) is 4.79 Å². The summed E-state index contributed by atoms with van der Waals surface area (Å²) in [6, 6.07) is 1.66. The normalized spacial score (nSPS) is 12.4. The van der Waals surface area contributed by atoms with Crippen LogP contribution in [0.25, 0.3) is 0 Å². The molecule has 1 rings (SSSR count). The number of nitrogens with zero attached hydrogens (tertiary/aromatic N) is 2. The average molecular weight is 284 g/mol. The quantitative estimate of drug-likeness (QED) is 0.701. The molecule has 1 atom stereocenters. The van der Waals surface area contributed by atoms with Crippen LogP contribution >= 0.6 is 11.8 Å². The number of nitrogens with one attached hydrogen (secondary N) is 1. The molecular weight excluding hydrogens is 260 g/mol. The zero-order valence-corrected chi connectivity index (χ0v) is 12.8. The van der Waals surface area contributed by atoms with Crippen molar-refractivity contribution >= 4 is 17.7 Å². The fourth-order valence-corrected chi connectivity index (χ4v) is 2.34. The minimum atomic E-state index is -0.388. The highest BCUT2D eigenvalue weighted by atomic mass is 32.2. The van der Waals surface area contributed by atoms with Crippen molar-refractivity contribution in [1.82, 2.24) is 15.1 Å². The fraction of sp³-hybridized carbons (Fsp3) is 0.692. The van der Waals surface area contributed by atoms with E-state index in [4.69, 9.17) is 5.73 Å². The molecule has 0 radical (unpaired) electrons. The first-order valence-corrected chi connectivity index (χ1v) is 7.97.